The highest BCUT2D eigenvalue weighted by atomic mass is 32.5. The lowest BCUT2D eigenvalue weighted by molar-refractivity contribution is 0.191. The van der Waals surface area contributed by atoms with E-state index in [9.17, 15) is 4.89 Å². The van der Waals surface area contributed by atoms with Crippen molar-refractivity contribution in [3.63, 3.8) is 0 Å². The molecule has 0 saturated heterocycles. The van der Waals surface area contributed by atoms with E-state index in [1.54, 1.807) is 0 Å². The van der Waals surface area contributed by atoms with Gasteiger partial charge in [-0.05, 0) is 24.6 Å². The van der Waals surface area contributed by atoms with Gasteiger partial charge in [0.2, 0.25) is 0 Å². The van der Waals surface area contributed by atoms with Gasteiger partial charge >= 0.3 is 6.72 Å². The van der Waals surface area contributed by atoms with Crippen molar-refractivity contribution in [2.45, 2.75) is 65.2 Å². The molecule has 104 valence electrons. The summed E-state index contributed by atoms with van der Waals surface area (Å²) < 4.78 is 10.4. The molecular weight excluding hydrogens is 255 g/mol. The molecule has 0 bridgehead atoms. The van der Waals surface area contributed by atoms with Gasteiger partial charge in [-0.25, -0.2) is 0 Å². The fraction of sp³-hybridized carbons (Fsp3) is 1.00. The normalized spacial score (nSPS) is 14.8. The molecule has 0 aliphatic heterocycles. The van der Waals surface area contributed by atoms with Gasteiger partial charge < -0.3 is 13.9 Å². The maximum atomic E-state index is 9.66. The average Bonchev–Trinajstić information content (AvgIpc) is 2.28. The molecular formula is C12H27O3PS. The SMILES string of the molecule is CCCCCCCCOP(O)(=S)OCCCC. The molecule has 0 aromatic heterocycles. The van der Waals surface area contributed by atoms with E-state index < -0.39 is 6.72 Å². The minimum Gasteiger partial charge on any atom is -0.324 e. The number of unbranched alkanes of at least 4 members (excludes halogenated alkanes) is 6. The van der Waals surface area contributed by atoms with E-state index >= 15 is 0 Å². The van der Waals surface area contributed by atoms with Gasteiger partial charge in [-0.3, -0.25) is 0 Å². The largest absolute Gasteiger partial charge is 0.324 e. The molecule has 0 aromatic rings. The molecule has 5 heteroatoms. The summed E-state index contributed by atoms with van der Waals surface area (Å²) in [6.07, 6.45) is 9.15. The van der Waals surface area contributed by atoms with E-state index in [1.807, 2.05) is 0 Å². The first-order valence-electron chi connectivity index (χ1n) is 6.74. The highest BCUT2D eigenvalue weighted by Gasteiger charge is 2.13. The van der Waals surface area contributed by atoms with Crippen LogP contribution in [0.5, 0.6) is 0 Å². The van der Waals surface area contributed by atoms with E-state index in [4.69, 9.17) is 20.9 Å². The Kier molecular flexibility index (Phi) is 12.0. The van der Waals surface area contributed by atoms with Crippen LogP contribution in [0.4, 0.5) is 0 Å². The summed E-state index contributed by atoms with van der Waals surface area (Å²) in [5, 5.41) is 0. The minimum absolute atomic E-state index is 0.501. The van der Waals surface area contributed by atoms with Crippen LogP contribution in [-0.2, 0) is 20.9 Å². The molecule has 0 aliphatic rings. The molecule has 0 rings (SSSR count). The fourth-order valence-corrected chi connectivity index (χ4v) is 2.67. The molecule has 0 fully saturated rings. The van der Waals surface area contributed by atoms with Crippen molar-refractivity contribution in [3.05, 3.63) is 0 Å². The summed E-state index contributed by atoms with van der Waals surface area (Å²) in [5.41, 5.74) is 0. The first-order chi connectivity index (χ1) is 8.12. The molecule has 0 saturated carbocycles. The zero-order valence-electron chi connectivity index (χ0n) is 11.2. The molecule has 0 spiro atoms. The third-order valence-electron chi connectivity index (χ3n) is 2.50. The summed E-state index contributed by atoms with van der Waals surface area (Å²) in [6, 6.07) is 0. The Morgan fingerprint density at radius 2 is 1.29 bits per heavy atom. The van der Waals surface area contributed by atoms with E-state index in [-0.39, 0.29) is 0 Å². The zero-order chi connectivity index (χ0) is 13.0. The van der Waals surface area contributed by atoms with Crippen LogP contribution in [0.2, 0.25) is 0 Å². The quantitative estimate of drug-likeness (QED) is 0.425. The second-order valence-electron chi connectivity index (χ2n) is 4.26. The Balaban J connectivity index is 3.36. The standard InChI is InChI=1S/C12H27O3PS/c1-3-5-7-8-9-10-12-15-16(13,17)14-11-6-4-2/h3-12H2,1-2H3,(H,13,17). The highest BCUT2D eigenvalue weighted by molar-refractivity contribution is 8.07. The molecule has 0 aromatic carbocycles. The van der Waals surface area contributed by atoms with Crippen LogP contribution in [0.3, 0.4) is 0 Å². The summed E-state index contributed by atoms with van der Waals surface area (Å²) in [7, 11) is 0. The van der Waals surface area contributed by atoms with Crippen molar-refractivity contribution in [2.75, 3.05) is 13.2 Å². The van der Waals surface area contributed by atoms with Gasteiger partial charge in [-0.2, -0.15) is 0 Å². The van der Waals surface area contributed by atoms with Crippen molar-refractivity contribution in [3.8, 4) is 0 Å². The van der Waals surface area contributed by atoms with Crippen molar-refractivity contribution in [1.82, 2.24) is 0 Å². The Bertz CT molecular complexity index is 212. The van der Waals surface area contributed by atoms with Crippen LogP contribution in [-0.4, -0.2) is 18.1 Å². The lowest BCUT2D eigenvalue weighted by atomic mass is 10.1. The summed E-state index contributed by atoms with van der Waals surface area (Å²) in [6.45, 7) is 2.35. The number of rotatable bonds is 12. The minimum atomic E-state index is -2.95. The average molecular weight is 282 g/mol. The van der Waals surface area contributed by atoms with E-state index in [1.165, 1.54) is 25.7 Å². The van der Waals surface area contributed by atoms with Crippen molar-refractivity contribution < 1.29 is 13.9 Å². The maximum Gasteiger partial charge on any atom is 0.324 e. The molecule has 1 atom stereocenters. The summed E-state index contributed by atoms with van der Waals surface area (Å²) in [5.74, 6) is 0. The van der Waals surface area contributed by atoms with Crippen LogP contribution in [0.15, 0.2) is 0 Å². The predicted octanol–water partition coefficient (Wildman–Crippen LogP) is 4.40. The third kappa shape index (κ3) is 12.8. The summed E-state index contributed by atoms with van der Waals surface area (Å²) >= 11 is 4.90. The van der Waals surface area contributed by atoms with Crippen LogP contribution in [0, 0.1) is 0 Å². The zero-order valence-corrected chi connectivity index (χ0v) is 12.9. The topological polar surface area (TPSA) is 38.7 Å². The lowest BCUT2D eigenvalue weighted by Gasteiger charge is -2.15. The highest BCUT2D eigenvalue weighted by Crippen LogP contribution is 2.43. The van der Waals surface area contributed by atoms with Crippen molar-refractivity contribution in [1.29, 1.82) is 0 Å². The molecule has 3 nitrogen and oxygen atoms in total. The molecule has 0 radical (unpaired) electrons. The van der Waals surface area contributed by atoms with Crippen molar-refractivity contribution >= 4 is 18.5 Å². The smallest absolute Gasteiger partial charge is 0.324 e. The molecule has 0 heterocycles. The first kappa shape index (κ1) is 17.5. The maximum absolute atomic E-state index is 9.66. The fourth-order valence-electron chi connectivity index (χ4n) is 1.42. The van der Waals surface area contributed by atoms with Gasteiger partial charge in [0.1, 0.15) is 0 Å². The molecule has 0 aliphatic carbocycles. The number of hydrogen-bond acceptors (Lipinski definition) is 3. The Morgan fingerprint density at radius 3 is 1.88 bits per heavy atom. The van der Waals surface area contributed by atoms with Crippen LogP contribution in [0.1, 0.15) is 65.2 Å². The van der Waals surface area contributed by atoms with E-state index in [0.29, 0.717) is 13.2 Å². The Labute approximate surface area is 111 Å². The van der Waals surface area contributed by atoms with Gasteiger partial charge in [0.25, 0.3) is 0 Å². The predicted molar refractivity (Wildman–Crippen MR) is 76.7 cm³/mol. The van der Waals surface area contributed by atoms with Gasteiger partial charge in [0, 0.05) is 0 Å². The second kappa shape index (κ2) is 11.6. The Morgan fingerprint density at radius 1 is 0.824 bits per heavy atom. The van der Waals surface area contributed by atoms with Gasteiger partial charge in [0.05, 0.1) is 13.2 Å². The van der Waals surface area contributed by atoms with Crippen LogP contribution < -0.4 is 0 Å². The number of hydrogen-bond donors (Lipinski definition) is 1. The first-order valence-corrected chi connectivity index (χ1v) is 9.33. The van der Waals surface area contributed by atoms with Crippen LogP contribution >= 0.6 is 6.72 Å². The molecule has 0 amide bonds. The molecule has 17 heavy (non-hydrogen) atoms. The molecule has 1 N–H and O–H groups in total. The van der Waals surface area contributed by atoms with Crippen molar-refractivity contribution in [2.24, 2.45) is 0 Å². The Hall–Kier alpha value is 0.530. The second-order valence-corrected chi connectivity index (χ2v) is 7.09. The van der Waals surface area contributed by atoms with E-state index in [2.05, 4.69) is 13.8 Å². The third-order valence-corrected chi connectivity index (χ3v) is 4.15. The van der Waals surface area contributed by atoms with Crippen LogP contribution in [0.25, 0.3) is 0 Å². The van der Waals surface area contributed by atoms with Gasteiger partial charge in [0.15, 0.2) is 0 Å². The van der Waals surface area contributed by atoms with Gasteiger partial charge in [-0.15, -0.1) is 0 Å². The monoisotopic (exact) mass is 282 g/mol. The van der Waals surface area contributed by atoms with E-state index in [0.717, 1.165) is 25.7 Å². The molecule has 1 unspecified atom stereocenters. The van der Waals surface area contributed by atoms with Gasteiger partial charge in [-0.1, -0.05) is 52.4 Å². The lowest BCUT2D eigenvalue weighted by Crippen LogP contribution is -1.98. The summed E-state index contributed by atoms with van der Waals surface area (Å²) in [4.78, 5) is 9.66.